The number of aromatic nitrogens is 2. The third kappa shape index (κ3) is 7.52. The van der Waals surface area contributed by atoms with E-state index < -0.39 is 11.9 Å². The molecule has 0 aliphatic carbocycles. The summed E-state index contributed by atoms with van der Waals surface area (Å²) in [5.41, 5.74) is 1.92. The Morgan fingerprint density at radius 1 is 1.21 bits per heavy atom. The number of carbonyl (C=O) groups is 2. The molecule has 0 amide bonds. The van der Waals surface area contributed by atoms with Crippen LogP contribution in [0.3, 0.4) is 0 Å². The van der Waals surface area contributed by atoms with Crippen LogP contribution in [0.4, 0.5) is 5.82 Å². The monoisotopic (exact) mass is 499 g/mol. The Morgan fingerprint density at radius 2 is 1.91 bits per heavy atom. The smallest absolute Gasteiger partial charge is 0.328 e. The predicted molar refractivity (Wildman–Crippen MR) is 130 cm³/mol. The topological polar surface area (TPSA) is 139 Å². The van der Waals surface area contributed by atoms with Gasteiger partial charge in [0.2, 0.25) is 0 Å². The van der Waals surface area contributed by atoms with Crippen molar-refractivity contribution in [3.63, 3.8) is 0 Å². The zero-order valence-corrected chi connectivity index (χ0v) is 19.6. The molecule has 34 heavy (non-hydrogen) atoms. The fourth-order valence-electron chi connectivity index (χ4n) is 3.51. The molecule has 0 bridgehead atoms. The number of carboxylic acid groups (broad SMARTS) is 2. The van der Waals surface area contributed by atoms with Gasteiger partial charge in [0.15, 0.2) is 0 Å². The summed E-state index contributed by atoms with van der Waals surface area (Å²) in [6.45, 7) is 2.93. The number of halogens is 1. The van der Waals surface area contributed by atoms with Crippen molar-refractivity contribution in [3.05, 3.63) is 64.3 Å². The molecule has 0 unspecified atom stereocenters. The minimum Gasteiger partial charge on any atom is -0.478 e. The van der Waals surface area contributed by atoms with Crippen molar-refractivity contribution in [1.29, 1.82) is 5.26 Å². The molecule has 0 spiro atoms. The molecular formula is C23H22ClN5O4S. The zero-order valence-electron chi connectivity index (χ0n) is 18.0. The van der Waals surface area contributed by atoms with E-state index in [0.29, 0.717) is 18.2 Å². The van der Waals surface area contributed by atoms with Gasteiger partial charge in [-0.3, -0.25) is 4.90 Å². The van der Waals surface area contributed by atoms with Crippen LogP contribution in [0, 0.1) is 11.3 Å². The fraction of sp³-hybridized carbons (Fsp3) is 0.261. The molecule has 3 heterocycles. The summed E-state index contributed by atoms with van der Waals surface area (Å²) < 4.78 is 0.734. The quantitative estimate of drug-likeness (QED) is 0.429. The lowest BCUT2D eigenvalue weighted by Crippen LogP contribution is -2.38. The predicted octanol–water partition coefficient (Wildman–Crippen LogP) is 4.00. The highest BCUT2D eigenvalue weighted by Crippen LogP contribution is 2.32. The Labute approximate surface area is 204 Å². The molecule has 0 atom stereocenters. The van der Waals surface area contributed by atoms with Crippen LogP contribution in [-0.4, -0.2) is 56.2 Å². The number of rotatable bonds is 6. The summed E-state index contributed by atoms with van der Waals surface area (Å²) >= 11 is 7.59. The number of carboxylic acids is 2. The van der Waals surface area contributed by atoms with E-state index in [0.717, 1.165) is 58.4 Å². The summed E-state index contributed by atoms with van der Waals surface area (Å²) in [6, 6.07) is 12.4. The van der Waals surface area contributed by atoms with Crippen molar-refractivity contribution < 1.29 is 19.8 Å². The molecule has 11 heteroatoms. The van der Waals surface area contributed by atoms with Crippen LogP contribution in [0.1, 0.15) is 24.0 Å². The van der Waals surface area contributed by atoms with E-state index in [-0.39, 0.29) is 0 Å². The van der Waals surface area contributed by atoms with E-state index in [1.165, 1.54) is 16.9 Å². The summed E-state index contributed by atoms with van der Waals surface area (Å²) in [7, 11) is 0. The second-order valence-electron chi connectivity index (χ2n) is 7.51. The normalized spacial score (nSPS) is 14.4. The Balaban J connectivity index is 0.000000350. The highest BCUT2D eigenvalue weighted by molar-refractivity contribution is 7.22. The van der Waals surface area contributed by atoms with Gasteiger partial charge >= 0.3 is 11.9 Å². The van der Waals surface area contributed by atoms with Gasteiger partial charge in [-0.15, -0.1) is 11.3 Å². The van der Waals surface area contributed by atoms with Crippen molar-refractivity contribution in [3.8, 4) is 6.07 Å². The van der Waals surface area contributed by atoms with E-state index >= 15 is 0 Å². The van der Waals surface area contributed by atoms with Crippen LogP contribution in [0.2, 0.25) is 4.34 Å². The maximum Gasteiger partial charge on any atom is 0.328 e. The van der Waals surface area contributed by atoms with Crippen LogP contribution in [-0.2, 0) is 16.1 Å². The number of nitrogens with zero attached hydrogens (tertiary/aromatic N) is 4. The fourth-order valence-corrected chi connectivity index (χ4v) is 4.57. The number of nitriles is 1. The third-order valence-electron chi connectivity index (χ3n) is 5.06. The second kappa shape index (κ2) is 12.1. The molecule has 3 aromatic rings. The summed E-state index contributed by atoms with van der Waals surface area (Å²) in [5, 5.41) is 29.2. The molecule has 0 radical (unpaired) electrons. The molecule has 1 aromatic carbocycles. The molecule has 1 aliphatic heterocycles. The van der Waals surface area contributed by atoms with Crippen LogP contribution >= 0.6 is 22.9 Å². The van der Waals surface area contributed by atoms with Gasteiger partial charge in [0.25, 0.3) is 0 Å². The second-order valence-corrected chi connectivity index (χ2v) is 9.17. The third-order valence-corrected chi connectivity index (χ3v) is 6.23. The maximum absolute atomic E-state index is 9.55. The van der Waals surface area contributed by atoms with Gasteiger partial charge in [0, 0.05) is 37.8 Å². The molecule has 0 saturated carbocycles. The number of hydrogen-bond donors (Lipinski definition) is 3. The lowest BCUT2D eigenvalue weighted by molar-refractivity contribution is -0.134. The van der Waals surface area contributed by atoms with Gasteiger partial charge in [-0.1, -0.05) is 23.7 Å². The molecule has 176 valence electrons. The molecule has 1 saturated heterocycles. The molecular weight excluding hydrogens is 478 g/mol. The van der Waals surface area contributed by atoms with Crippen molar-refractivity contribution in [1.82, 2.24) is 14.9 Å². The van der Waals surface area contributed by atoms with Gasteiger partial charge < -0.3 is 15.5 Å². The van der Waals surface area contributed by atoms with Crippen LogP contribution in [0.5, 0.6) is 0 Å². The van der Waals surface area contributed by atoms with Crippen LogP contribution < -0.4 is 5.32 Å². The minimum absolute atomic E-state index is 0.397. The molecule has 9 nitrogen and oxygen atoms in total. The van der Waals surface area contributed by atoms with Crippen LogP contribution in [0.25, 0.3) is 10.2 Å². The Kier molecular flexibility index (Phi) is 8.93. The largest absolute Gasteiger partial charge is 0.478 e. The lowest BCUT2D eigenvalue weighted by Gasteiger charge is -2.32. The number of fused-ring (bicyclic) bond motifs is 1. The van der Waals surface area contributed by atoms with Crippen molar-refractivity contribution >= 4 is 50.9 Å². The number of anilines is 1. The number of aliphatic carboxylic acids is 2. The number of piperidine rings is 1. The number of hydrogen-bond acceptors (Lipinski definition) is 8. The maximum atomic E-state index is 9.55. The van der Waals surface area contributed by atoms with E-state index in [1.807, 2.05) is 24.3 Å². The van der Waals surface area contributed by atoms with E-state index in [4.69, 9.17) is 27.1 Å². The first-order chi connectivity index (χ1) is 16.3. The standard InChI is InChI=1S/C19H18ClN5S.C4H4O4/c20-17-9-16-18(22-12-23-19(16)26-17)24-15-4-6-25(7-5-15)11-14-3-1-2-13(8-14)10-21;5-3(6)1-2-4(7)8/h1-3,8-9,12,15H,4-7,11H2,(H,22,23,24);1-2H,(H,5,6)(H,7,8)/b;2-1-. The Morgan fingerprint density at radius 3 is 2.56 bits per heavy atom. The molecule has 2 aromatic heterocycles. The summed E-state index contributed by atoms with van der Waals surface area (Å²) in [6.07, 6.45) is 4.82. The summed E-state index contributed by atoms with van der Waals surface area (Å²) in [4.78, 5) is 31.1. The number of nitrogens with one attached hydrogen (secondary N) is 1. The first-order valence-corrected chi connectivity index (χ1v) is 11.6. The Bertz CT molecular complexity index is 1220. The van der Waals surface area contributed by atoms with Gasteiger partial charge in [-0.25, -0.2) is 19.6 Å². The van der Waals surface area contributed by atoms with Gasteiger partial charge in [0.05, 0.1) is 21.4 Å². The molecule has 3 N–H and O–H groups in total. The van der Waals surface area contributed by atoms with Crippen LogP contribution in [0.15, 0.2) is 48.8 Å². The van der Waals surface area contributed by atoms with Gasteiger partial charge in [0.1, 0.15) is 17.0 Å². The minimum atomic E-state index is -1.26. The number of benzene rings is 1. The average molecular weight is 500 g/mol. The summed E-state index contributed by atoms with van der Waals surface area (Å²) in [5.74, 6) is -1.64. The number of thiophene rings is 1. The highest BCUT2D eigenvalue weighted by atomic mass is 35.5. The zero-order chi connectivity index (χ0) is 24.5. The van der Waals surface area contributed by atoms with Gasteiger partial charge in [-0.2, -0.15) is 5.26 Å². The van der Waals surface area contributed by atoms with E-state index in [9.17, 15) is 9.59 Å². The van der Waals surface area contributed by atoms with Gasteiger partial charge in [-0.05, 0) is 36.6 Å². The molecule has 4 rings (SSSR count). The lowest BCUT2D eigenvalue weighted by atomic mass is 10.0. The van der Waals surface area contributed by atoms with Crippen molar-refractivity contribution in [2.24, 2.45) is 0 Å². The first-order valence-electron chi connectivity index (χ1n) is 10.4. The highest BCUT2D eigenvalue weighted by Gasteiger charge is 2.20. The van der Waals surface area contributed by atoms with E-state index in [2.05, 4.69) is 32.3 Å². The van der Waals surface area contributed by atoms with E-state index in [1.54, 1.807) is 6.33 Å². The SMILES string of the molecule is N#Cc1cccc(CN2CCC(Nc3ncnc4sc(Cl)cc34)CC2)c1.O=C(O)/C=C\C(=O)O. The number of likely N-dealkylation sites (tertiary alicyclic amines) is 1. The first kappa shape index (κ1) is 25.1. The Hall–Kier alpha value is -3.52. The average Bonchev–Trinajstić information content (AvgIpc) is 3.21. The van der Waals surface area contributed by atoms with Crippen molar-refractivity contribution in [2.45, 2.75) is 25.4 Å². The molecule has 1 fully saturated rings. The van der Waals surface area contributed by atoms with Crippen molar-refractivity contribution in [2.75, 3.05) is 18.4 Å². The molecule has 1 aliphatic rings.